The van der Waals surface area contributed by atoms with Gasteiger partial charge in [-0.1, -0.05) is 0 Å². The maximum atomic E-state index is 11.2. The van der Waals surface area contributed by atoms with Crippen molar-refractivity contribution in [3.05, 3.63) is 21.8 Å². The van der Waals surface area contributed by atoms with Crippen LogP contribution in [0.3, 0.4) is 0 Å². The molecule has 0 radical (unpaired) electrons. The van der Waals surface area contributed by atoms with E-state index in [0.717, 1.165) is 12.1 Å². The molecule has 0 unspecified atom stereocenters. The molecule has 0 bridgehead atoms. The minimum Gasteiger partial charge on any atom is -0.267 e. The number of anilines is 1. The second kappa shape index (κ2) is 3.41. The van der Waals surface area contributed by atoms with Gasteiger partial charge >= 0.3 is 0 Å². The Morgan fingerprint density at radius 2 is 2.27 bits per heavy atom. The van der Waals surface area contributed by atoms with Crippen LogP contribution in [0, 0.1) is 0 Å². The highest BCUT2D eigenvalue weighted by molar-refractivity contribution is 7.13. The summed E-state index contributed by atoms with van der Waals surface area (Å²) in [7, 11) is 0. The lowest BCUT2D eigenvalue weighted by Gasteiger charge is -2.28. The highest BCUT2D eigenvalue weighted by Gasteiger charge is 2.34. The third kappa shape index (κ3) is 1.92. The van der Waals surface area contributed by atoms with Crippen molar-refractivity contribution >= 4 is 22.2 Å². The van der Waals surface area contributed by atoms with Crippen LogP contribution in [0.15, 0.2) is 21.3 Å². The van der Waals surface area contributed by atoms with E-state index in [4.69, 9.17) is 0 Å². The zero-order chi connectivity index (χ0) is 11.1. The molecule has 1 aromatic rings. The minimum atomic E-state index is -0.209. The zero-order valence-electron chi connectivity index (χ0n) is 9.02. The first-order valence-electron chi connectivity index (χ1n) is 4.79. The molecule has 2 heterocycles. The van der Waals surface area contributed by atoms with Gasteiger partial charge in [0.1, 0.15) is 0 Å². The molecule has 0 aliphatic carbocycles. The van der Waals surface area contributed by atoms with Crippen molar-refractivity contribution in [1.82, 2.24) is 4.98 Å². The van der Waals surface area contributed by atoms with Gasteiger partial charge in [0.05, 0.1) is 5.54 Å². The Balaban J connectivity index is 2.43. The third-order valence-electron chi connectivity index (χ3n) is 2.30. The monoisotopic (exact) mass is 223 g/mol. The van der Waals surface area contributed by atoms with Crippen LogP contribution in [0.1, 0.15) is 27.2 Å². The Labute approximate surface area is 92.3 Å². The molecule has 0 amide bonds. The van der Waals surface area contributed by atoms with Crippen LogP contribution >= 0.6 is 11.3 Å². The van der Waals surface area contributed by atoms with Crippen molar-refractivity contribution in [1.29, 1.82) is 0 Å². The van der Waals surface area contributed by atoms with Crippen LogP contribution in [-0.4, -0.2) is 16.2 Å². The summed E-state index contributed by atoms with van der Waals surface area (Å²) < 4.78 is 0. The fraction of sp³-hybridized carbons (Fsp3) is 0.500. The second-order valence-electron chi connectivity index (χ2n) is 4.29. The number of aromatic nitrogens is 1. The van der Waals surface area contributed by atoms with Crippen molar-refractivity contribution in [3.63, 3.8) is 0 Å². The van der Waals surface area contributed by atoms with Crippen LogP contribution in [-0.2, 0) is 0 Å². The van der Waals surface area contributed by atoms with Gasteiger partial charge in [-0.3, -0.25) is 4.79 Å². The van der Waals surface area contributed by atoms with Gasteiger partial charge in [-0.05, 0) is 26.2 Å². The molecule has 0 aromatic carbocycles. The Hall–Kier alpha value is -1.23. The van der Waals surface area contributed by atoms with Crippen LogP contribution < -0.4 is 10.6 Å². The summed E-state index contributed by atoms with van der Waals surface area (Å²) in [5.41, 5.74) is 0.783. The Morgan fingerprint density at radius 3 is 2.80 bits per heavy atom. The largest absolute Gasteiger partial charge is 0.273 e. The summed E-state index contributed by atoms with van der Waals surface area (Å²) in [6, 6.07) is 1.47. The van der Waals surface area contributed by atoms with E-state index in [1.807, 2.05) is 11.9 Å². The second-order valence-corrected chi connectivity index (χ2v) is 5.16. The van der Waals surface area contributed by atoms with E-state index in [-0.39, 0.29) is 11.1 Å². The maximum absolute atomic E-state index is 11.2. The van der Waals surface area contributed by atoms with E-state index < -0.39 is 0 Å². The minimum absolute atomic E-state index is 0.0820. The molecular formula is C10H13N3OS. The molecule has 0 saturated carbocycles. The summed E-state index contributed by atoms with van der Waals surface area (Å²) in [5.74, 6) is 0. The Morgan fingerprint density at radius 1 is 1.53 bits per heavy atom. The Bertz CT molecular complexity index is 464. The quantitative estimate of drug-likeness (QED) is 0.730. The van der Waals surface area contributed by atoms with Crippen LogP contribution in [0.4, 0.5) is 5.13 Å². The SMILES string of the molecule is CC1=NN(c2nc(=O)ccs2)C(C)(C)C1. The molecule has 0 N–H and O–H groups in total. The summed E-state index contributed by atoms with van der Waals surface area (Å²) in [4.78, 5) is 15.1. The molecule has 1 aliphatic rings. The molecule has 1 aromatic heterocycles. The van der Waals surface area contributed by atoms with Gasteiger partial charge in [0.15, 0.2) is 0 Å². The van der Waals surface area contributed by atoms with E-state index in [1.165, 1.54) is 17.4 Å². The molecule has 80 valence electrons. The normalized spacial score (nSPS) is 19.1. The van der Waals surface area contributed by atoms with Gasteiger partial charge in [-0.25, -0.2) is 5.01 Å². The van der Waals surface area contributed by atoms with Crippen LogP contribution in [0.5, 0.6) is 0 Å². The Kier molecular flexibility index (Phi) is 2.34. The molecule has 15 heavy (non-hydrogen) atoms. The predicted molar refractivity (Wildman–Crippen MR) is 62.7 cm³/mol. The van der Waals surface area contributed by atoms with Gasteiger partial charge in [-0.2, -0.15) is 10.1 Å². The molecule has 4 nitrogen and oxygen atoms in total. The van der Waals surface area contributed by atoms with E-state index in [2.05, 4.69) is 23.9 Å². The lowest BCUT2D eigenvalue weighted by Crippen LogP contribution is -2.37. The molecule has 5 heteroatoms. The third-order valence-corrected chi connectivity index (χ3v) is 3.05. The molecule has 0 fully saturated rings. The molecule has 0 atom stereocenters. The van der Waals surface area contributed by atoms with Crippen molar-refractivity contribution in [2.24, 2.45) is 5.10 Å². The van der Waals surface area contributed by atoms with Gasteiger partial charge in [-0.15, -0.1) is 11.3 Å². The highest BCUT2D eigenvalue weighted by atomic mass is 32.1. The fourth-order valence-electron chi connectivity index (χ4n) is 1.75. The first-order chi connectivity index (χ1) is 6.99. The first kappa shape index (κ1) is 10.3. The number of hydrogen-bond donors (Lipinski definition) is 0. The fourth-order valence-corrected chi connectivity index (χ4v) is 2.59. The molecule has 2 rings (SSSR count). The number of nitrogens with zero attached hydrogens (tertiary/aromatic N) is 3. The predicted octanol–water partition coefficient (Wildman–Crippen LogP) is 1.87. The van der Waals surface area contributed by atoms with E-state index >= 15 is 0 Å². The molecular weight excluding hydrogens is 210 g/mol. The van der Waals surface area contributed by atoms with Crippen molar-refractivity contribution in [2.45, 2.75) is 32.7 Å². The first-order valence-corrected chi connectivity index (χ1v) is 5.67. The molecule has 1 aliphatic heterocycles. The van der Waals surface area contributed by atoms with Crippen molar-refractivity contribution in [3.8, 4) is 0 Å². The number of hydrogen-bond acceptors (Lipinski definition) is 5. The number of hydrazone groups is 1. The van der Waals surface area contributed by atoms with Crippen LogP contribution in [0.25, 0.3) is 0 Å². The molecule has 0 saturated heterocycles. The standard InChI is InChI=1S/C10H13N3OS/c1-7-6-10(2,3)13(12-7)9-11-8(14)4-5-15-9/h4-5H,6H2,1-3H3. The number of rotatable bonds is 1. The van der Waals surface area contributed by atoms with E-state index in [9.17, 15) is 4.79 Å². The zero-order valence-corrected chi connectivity index (χ0v) is 9.84. The summed E-state index contributed by atoms with van der Waals surface area (Å²) in [5, 5.41) is 8.68. The lowest BCUT2D eigenvalue weighted by molar-refractivity contribution is 0.514. The van der Waals surface area contributed by atoms with Gasteiger partial charge in [0, 0.05) is 18.2 Å². The highest BCUT2D eigenvalue weighted by Crippen LogP contribution is 2.32. The lowest BCUT2D eigenvalue weighted by atomic mass is 10.00. The topological polar surface area (TPSA) is 45.6 Å². The average molecular weight is 223 g/mol. The van der Waals surface area contributed by atoms with Crippen molar-refractivity contribution in [2.75, 3.05) is 5.01 Å². The van der Waals surface area contributed by atoms with Crippen LogP contribution in [0.2, 0.25) is 0 Å². The van der Waals surface area contributed by atoms with Gasteiger partial charge in [0.2, 0.25) is 5.13 Å². The van der Waals surface area contributed by atoms with E-state index in [0.29, 0.717) is 5.13 Å². The van der Waals surface area contributed by atoms with Crippen molar-refractivity contribution < 1.29 is 0 Å². The maximum Gasteiger partial charge on any atom is 0.273 e. The summed E-state index contributed by atoms with van der Waals surface area (Å²) in [6.45, 7) is 6.19. The van der Waals surface area contributed by atoms with Gasteiger partial charge < -0.3 is 0 Å². The smallest absolute Gasteiger partial charge is 0.267 e. The molecule has 0 spiro atoms. The van der Waals surface area contributed by atoms with E-state index in [1.54, 1.807) is 5.38 Å². The summed E-state index contributed by atoms with van der Waals surface area (Å²) >= 11 is 1.44. The average Bonchev–Trinajstić information content (AvgIpc) is 2.39. The summed E-state index contributed by atoms with van der Waals surface area (Å²) in [6.07, 6.45) is 0.907. The van der Waals surface area contributed by atoms with Gasteiger partial charge in [0.25, 0.3) is 5.56 Å².